The van der Waals surface area contributed by atoms with Crippen molar-refractivity contribution in [2.24, 2.45) is 11.7 Å². The Morgan fingerprint density at radius 3 is 2.75 bits per heavy atom. The quantitative estimate of drug-likeness (QED) is 0.926. The van der Waals surface area contributed by atoms with Crippen LogP contribution >= 0.6 is 15.9 Å². The van der Waals surface area contributed by atoms with Gasteiger partial charge < -0.3 is 10.5 Å². The van der Waals surface area contributed by atoms with Gasteiger partial charge in [-0.3, -0.25) is 0 Å². The highest BCUT2D eigenvalue weighted by atomic mass is 79.9. The van der Waals surface area contributed by atoms with E-state index in [-0.39, 0.29) is 6.04 Å². The van der Waals surface area contributed by atoms with Gasteiger partial charge in [-0.15, -0.1) is 0 Å². The van der Waals surface area contributed by atoms with Crippen LogP contribution in [-0.4, -0.2) is 19.3 Å². The summed E-state index contributed by atoms with van der Waals surface area (Å²) in [5.41, 5.74) is 7.53. The Bertz CT molecular complexity index is 319. The highest BCUT2D eigenvalue weighted by Gasteiger charge is 2.21. The molecule has 1 fully saturated rings. The first-order valence-electron chi connectivity index (χ1n) is 5.83. The summed E-state index contributed by atoms with van der Waals surface area (Å²) in [7, 11) is 0. The van der Waals surface area contributed by atoms with Crippen molar-refractivity contribution in [2.75, 3.05) is 13.2 Å². The van der Waals surface area contributed by atoms with Crippen LogP contribution in [0.2, 0.25) is 0 Å². The average molecular weight is 284 g/mol. The molecule has 2 nitrogen and oxygen atoms in total. The summed E-state index contributed by atoms with van der Waals surface area (Å²) >= 11 is 3.44. The maximum atomic E-state index is 6.23. The molecule has 3 heteroatoms. The minimum Gasteiger partial charge on any atom is -0.381 e. The molecule has 0 spiro atoms. The second kappa shape index (κ2) is 5.80. The fraction of sp³-hybridized carbons (Fsp3) is 0.538. The van der Waals surface area contributed by atoms with Gasteiger partial charge in [0.05, 0.1) is 6.61 Å². The van der Waals surface area contributed by atoms with Crippen LogP contribution in [0, 0.1) is 5.92 Å². The predicted molar refractivity (Wildman–Crippen MR) is 69.4 cm³/mol. The molecule has 2 atom stereocenters. The van der Waals surface area contributed by atoms with Crippen molar-refractivity contribution in [3.63, 3.8) is 0 Å². The van der Waals surface area contributed by atoms with E-state index in [4.69, 9.17) is 10.5 Å². The molecule has 1 heterocycles. The molecule has 0 bridgehead atoms. The van der Waals surface area contributed by atoms with Crippen molar-refractivity contribution in [3.8, 4) is 0 Å². The number of hydrogen-bond donors (Lipinski definition) is 1. The van der Waals surface area contributed by atoms with Gasteiger partial charge >= 0.3 is 0 Å². The van der Waals surface area contributed by atoms with E-state index in [1.54, 1.807) is 0 Å². The van der Waals surface area contributed by atoms with Crippen LogP contribution in [0.5, 0.6) is 0 Å². The molecule has 1 aromatic rings. The largest absolute Gasteiger partial charge is 0.381 e. The van der Waals surface area contributed by atoms with Gasteiger partial charge in [0.1, 0.15) is 0 Å². The first-order valence-corrected chi connectivity index (χ1v) is 6.63. The molecule has 0 saturated carbocycles. The van der Waals surface area contributed by atoms with Gasteiger partial charge in [-0.2, -0.15) is 0 Å². The van der Waals surface area contributed by atoms with Crippen LogP contribution in [0.1, 0.15) is 18.4 Å². The summed E-state index contributed by atoms with van der Waals surface area (Å²) < 4.78 is 6.59. The minimum atomic E-state index is 0.224. The zero-order valence-corrected chi connectivity index (χ0v) is 10.9. The number of halogens is 1. The Morgan fingerprint density at radius 1 is 1.38 bits per heavy atom. The SMILES string of the molecule is NC(Cc1ccc(Br)cc1)C1CCCOC1. The highest BCUT2D eigenvalue weighted by molar-refractivity contribution is 9.10. The molecule has 2 unspecified atom stereocenters. The maximum Gasteiger partial charge on any atom is 0.0509 e. The smallest absolute Gasteiger partial charge is 0.0509 e. The molecule has 2 rings (SSSR count). The minimum absolute atomic E-state index is 0.224. The van der Waals surface area contributed by atoms with Crippen molar-refractivity contribution in [2.45, 2.75) is 25.3 Å². The van der Waals surface area contributed by atoms with Crippen LogP contribution in [0.15, 0.2) is 28.7 Å². The van der Waals surface area contributed by atoms with Gasteiger partial charge in [-0.25, -0.2) is 0 Å². The first-order chi connectivity index (χ1) is 7.75. The van der Waals surface area contributed by atoms with Crippen LogP contribution in [0.4, 0.5) is 0 Å². The number of hydrogen-bond acceptors (Lipinski definition) is 2. The highest BCUT2D eigenvalue weighted by Crippen LogP contribution is 2.19. The van der Waals surface area contributed by atoms with Gasteiger partial charge in [0.2, 0.25) is 0 Å². The number of ether oxygens (including phenoxy) is 1. The fourth-order valence-corrected chi connectivity index (χ4v) is 2.43. The van der Waals surface area contributed by atoms with E-state index >= 15 is 0 Å². The summed E-state index contributed by atoms with van der Waals surface area (Å²) in [6, 6.07) is 8.63. The standard InChI is InChI=1S/C13H18BrNO/c14-12-5-3-10(4-6-12)8-13(15)11-2-1-7-16-9-11/h3-6,11,13H,1-2,7-9,15H2. The molecular formula is C13H18BrNO. The topological polar surface area (TPSA) is 35.2 Å². The Balaban J connectivity index is 1.90. The summed E-state index contributed by atoms with van der Waals surface area (Å²) in [4.78, 5) is 0. The van der Waals surface area contributed by atoms with E-state index < -0.39 is 0 Å². The predicted octanol–water partition coefficient (Wildman–Crippen LogP) is 2.75. The molecule has 16 heavy (non-hydrogen) atoms. The van der Waals surface area contributed by atoms with Gasteiger partial charge in [0.25, 0.3) is 0 Å². The second-order valence-electron chi connectivity index (χ2n) is 4.47. The molecular weight excluding hydrogens is 266 g/mol. The summed E-state index contributed by atoms with van der Waals surface area (Å²) in [5, 5.41) is 0. The Morgan fingerprint density at radius 2 is 2.12 bits per heavy atom. The zero-order valence-electron chi connectivity index (χ0n) is 9.36. The number of rotatable bonds is 3. The van der Waals surface area contributed by atoms with E-state index in [1.807, 2.05) is 0 Å². The van der Waals surface area contributed by atoms with Crippen LogP contribution in [0.25, 0.3) is 0 Å². The first kappa shape index (κ1) is 12.1. The van der Waals surface area contributed by atoms with Crippen LogP contribution < -0.4 is 5.73 Å². The van der Waals surface area contributed by atoms with E-state index in [0.717, 1.165) is 30.5 Å². The summed E-state index contributed by atoms with van der Waals surface area (Å²) in [6.45, 7) is 1.74. The number of nitrogens with two attached hydrogens (primary N) is 1. The molecule has 0 radical (unpaired) electrons. The Kier molecular flexibility index (Phi) is 4.38. The normalized spacial score (nSPS) is 23.0. The number of benzene rings is 1. The van der Waals surface area contributed by atoms with Gasteiger partial charge in [-0.1, -0.05) is 28.1 Å². The van der Waals surface area contributed by atoms with E-state index in [2.05, 4.69) is 40.2 Å². The molecule has 0 aliphatic carbocycles. The van der Waals surface area contributed by atoms with Crippen molar-refractivity contribution >= 4 is 15.9 Å². The molecule has 1 aromatic carbocycles. The van der Waals surface area contributed by atoms with Gasteiger partial charge in [0.15, 0.2) is 0 Å². The third kappa shape index (κ3) is 3.30. The van der Waals surface area contributed by atoms with Crippen molar-refractivity contribution < 1.29 is 4.74 Å². The molecule has 1 saturated heterocycles. The third-order valence-corrected chi connectivity index (χ3v) is 3.71. The third-order valence-electron chi connectivity index (χ3n) is 3.19. The molecule has 0 amide bonds. The van der Waals surface area contributed by atoms with Gasteiger partial charge in [-0.05, 0) is 42.9 Å². The van der Waals surface area contributed by atoms with E-state index in [9.17, 15) is 0 Å². The van der Waals surface area contributed by atoms with Gasteiger partial charge in [0, 0.05) is 17.1 Å². The Labute approximate surface area is 105 Å². The Hall–Kier alpha value is -0.380. The van der Waals surface area contributed by atoms with Crippen molar-refractivity contribution in [3.05, 3.63) is 34.3 Å². The zero-order chi connectivity index (χ0) is 11.4. The molecule has 2 N–H and O–H groups in total. The molecule has 88 valence electrons. The summed E-state index contributed by atoms with van der Waals surface area (Å²) in [6.07, 6.45) is 3.30. The summed E-state index contributed by atoms with van der Waals surface area (Å²) in [5.74, 6) is 0.525. The van der Waals surface area contributed by atoms with Crippen molar-refractivity contribution in [1.29, 1.82) is 0 Å². The molecule has 1 aliphatic heterocycles. The lowest BCUT2D eigenvalue weighted by atomic mass is 9.90. The monoisotopic (exact) mass is 283 g/mol. The molecule has 1 aliphatic rings. The maximum absolute atomic E-state index is 6.23. The lowest BCUT2D eigenvalue weighted by Gasteiger charge is -2.27. The lowest BCUT2D eigenvalue weighted by molar-refractivity contribution is 0.0450. The fourth-order valence-electron chi connectivity index (χ4n) is 2.16. The van der Waals surface area contributed by atoms with Crippen molar-refractivity contribution in [1.82, 2.24) is 0 Å². The van der Waals surface area contributed by atoms with E-state index in [1.165, 1.54) is 12.0 Å². The van der Waals surface area contributed by atoms with E-state index in [0.29, 0.717) is 5.92 Å². The lowest BCUT2D eigenvalue weighted by Crippen LogP contribution is -2.37. The average Bonchev–Trinajstić information content (AvgIpc) is 2.33. The second-order valence-corrected chi connectivity index (χ2v) is 5.39. The van der Waals surface area contributed by atoms with Crippen LogP contribution in [-0.2, 0) is 11.2 Å². The van der Waals surface area contributed by atoms with Crippen LogP contribution in [0.3, 0.4) is 0 Å². The molecule has 0 aromatic heterocycles.